The van der Waals surface area contributed by atoms with Crippen LogP contribution in [0.5, 0.6) is 0 Å². The van der Waals surface area contributed by atoms with E-state index in [1.807, 2.05) is 11.8 Å². The first kappa shape index (κ1) is 12.5. The van der Waals surface area contributed by atoms with Crippen LogP contribution < -0.4 is 5.32 Å². The van der Waals surface area contributed by atoms with E-state index in [0.717, 1.165) is 23.7 Å². The van der Waals surface area contributed by atoms with Crippen LogP contribution in [-0.2, 0) is 6.54 Å². The molecule has 0 spiro atoms. The summed E-state index contributed by atoms with van der Waals surface area (Å²) >= 11 is 3.73. The molecule has 0 bridgehead atoms. The molecule has 1 fully saturated rings. The number of aryl methyl sites for hydroxylation is 2. The molecule has 0 aromatic carbocycles. The Hall–Kier alpha value is -0.520. The van der Waals surface area contributed by atoms with Crippen molar-refractivity contribution in [3.8, 4) is 0 Å². The Labute approximate surface area is 116 Å². The number of hydrogen-bond donors (Lipinski definition) is 1. The summed E-state index contributed by atoms with van der Waals surface area (Å²) in [5.74, 6) is 0. The first-order valence-corrected chi connectivity index (χ1v) is 8.43. The van der Waals surface area contributed by atoms with Crippen LogP contribution in [0.3, 0.4) is 0 Å². The van der Waals surface area contributed by atoms with E-state index in [9.17, 15) is 0 Å². The highest BCUT2D eigenvalue weighted by atomic mass is 32.2. The zero-order chi connectivity index (χ0) is 12.8. The number of fused-ring (bicyclic) bond motifs is 1. The molecule has 0 aliphatic heterocycles. The lowest BCUT2D eigenvalue weighted by Gasteiger charge is -2.13. The molecule has 2 aromatic rings. The molecule has 98 valence electrons. The van der Waals surface area contributed by atoms with Crippen molar-refractivity contribution in [2.75, 3.05) is 12.8 Å². The lowest BCUT2D eigenvalue weighted by molar-refractivity contribution is 0.646. The highest BCUT2D eigenvalue weighted by Crippen LogP contribution is 2.46. The van der Waals surface area contributed by atoms with Crippen molar-refractivity contribution in [3.63, 3.8) is 0 Å². The average molecular weight is 281 g/mol. The maximum atomic E-state index is 4.62. The van der Waals surface area contributed by atoms with Gasteiger partial charge in [0, 0.05) is 28.9 Å². The van der Waals surface area contributed by atoms with Crippen molar-refractivity contribution in [2.24, 2.45) is 0 Å². The molecule has 0 unspecified atom stereocenters. The van der Waals surface area contributed by atoms with E-state index in [4.69, 9.17) is 0 Å². The summed E-state index contributed by atoms with van der Waals surface area (Å²) in [6.07, 6.45) is 4.94. The van der Waals surface area contributed by atoms with Crippen LogP contribution >= 0.6 is 23.1 Å². The van der Waals surface area contributed by atoms with Crippen LogP contribution in [0.25, 0.3) is 4.96 Å². The molecule has 0 atom stereocenters. The average Bonchev–Trinajstić information content (AvgIpc) is 2.96. The predicted molar refractivity (Wildman–Crippen MR) is 79.7 cm³/mol. The van der Waals surface area contributed by atoms with Crippen molar-refractivity contribution in [1.29, 1.82) is 0 Å². The largest absolute Gasteiger partial charge is 0.310 e. The fourth-order valence-electron chi connectivity index (χ4n) is 2.38. The third kappa shape index (κ3) is 2.08. The Balaban J connectivity index is 1.74. The van der Waals surface area contributed by atoms with E-state index < -0.39 is 0 Å². The normalized spacial score (nSPS) is 17.5. The van der Waals surface area contributed by atoms with Gasteiger partial charge in [-0.15, -0.1) is 11.3 Å². The van der Waals surface area contributed by atoms with Gasteiger partial charge in [0.25, 0.3) is 0 Å². The van der Waals surface area contributed by atoms with E-state index in [2.05, 4.69) is 40.2 Å². The van der Waals surface area contributed by atoms with Crippen LogP contribution in [0.4, 0.5) is 0 Å². The Morgan fingerprint density at radius 3 is 2.94 bits per heavy atom. The van der Waals surface area contributed by atoms with Crippen molar-refractivity contribution < 1.29 is 0 Å². The fourth-order valence-corrected chi connectivity index (χ4v) is 4.06. The van der Waals surface area contributed by atoms with Crippen molar-refractivity contribution in [3.05, 3.63) is 22.5 Å². The number of thiazole rings is 1. The molecule has 3 rings (SSSR count). The van der Waals surface area contributed by atoms with Gasteiger partial charge in [-0.3, -0.25) is 4.40 Å². The minimum absolute atomic E-state index is 0.529. The first-order valence-electron chi connectivity index (χ1n) is 6.33. The van der Waals surface area contributed by atoms with Crippen LogP contribution in [0, 0.1) is 13.8 Å². The number of nitrogens with zero attached hydrogens (tertiary/aromatic N) is 2. The molecule has 0 amide bonds. The number of rotatable bonds is 5. The minimum atomic E-state index is 0.529. The van der Waals surface area contributed by atoms with E-state index in [1.54, 1.807) is 11.3 Å². The Kier molecular flexibility index (Phi) is 3.16. The molecular weight excluding hydrogens is 262 g/mol. The molecule has 5 heteroatoms. The maximum Gasteiger partial charge on any atom is 0.194 e. The molecule has 1 aliphatic carbocycles. The van der Waals surface area contributed by atoms with Gasteiger partial charge in [-0.1, -0.05) is 0 Å². The lowest BCUT2D eigenvalue weighted by Crippen LogP contribution is -2.26. The van der Waals surface area contributed by atoms with E-state index in [1.165, 1.54) is 24.2 Å². The smallest absolute Gasteiger partial charge is 0.194 e. The molecular formula is C13H19N3S2. The summed E-state index contributed by atoms with van der Waals surface area (Å²) in [4.78, 5) is 5.74. The third-order valence-electron chi connectivity index (χ3n) is 3.81. The molecule has 0 radical (unpaired) electrons. The number of aromatic nitrogens is 2. The second-order valence-corrected chi connectivity index (χ2v) is 7.24. The van der Waals surface area contributed by atoms with Crippen LogP contribution in [0.1, 0.15) is 29.9 Å². The van der Waals surface area contributed by atoms with Crippen molar-refractivity contribution >= 4 is 28.1 Å². The van der Waals surface area contributed by atoms with Crippen LogP contribution in [-0.4, -0.2) is 26.9 Å². The quantitative estimate of drug-likeness (QED) is 0.913. The van der Waals surface area contributed by atoms with Gasteiger partial charge in [0.2, 0.25) is 0 Å². The summed E-state index contributed by atoms with van der Waals surface area (Å²) in [5.41, 5.74) is 3.77. The van der Waals surface area contributed by atoms with Crippen molar-refractivity contribution in [2.45, 2.75) is 38.0 Å². The number of nitrogens with one attached hydrogen (secondary N) is 1. The summed E-state index contributed by atoms with van der Waals surface area (Å²) in [7, 11) is 0. The molecule has 1 aliphatic rings. The summed E-state index contributed by atoms with van der Waals surface area (Å²) < 4.78 is 2.81. The van der Waals surface area contributed by atoms with Crippen LogP contribution in [0.15, 0.2) is 5.38 Å². The predicted octanol–water partition coefficient (Wildman–Crippen LogP) is 3.00. The van der Waals surface area contributed by atoms with Crippen LogP contribution in [0.2, 0.25) is 0 Å². The van der Waals surface area contributed by atoms with E-state index >= 15 is 0 Å². The van der Waals surface area contributed by atoms with Gasteiger partial charge < -0.3 is 5.32 Å². The third-order valence-corrected chi connectivity index (χ3v) is 6.17. The van der Waals surface area contributed by atoms with Gasteiger partial charge in [-0.05, 0) is 32.9 Å². The standard InChI is InChI=1S/C13H19N3S2/c1-9-7-18-12-15-10(2)11(16(9)12)6-14-8-13(17-3)4-5-13/h7,14H,4-6,8H2,1-3H3. The van der Waals surface area contributed by atoms with E-state index in [0.29, 0.717) is 4.75 Å². The highest BCUT2D eigenvalue weighted by Gasteiger charge is 2.41. The lowest BCUT2D eigenvalue weighted by atomic mass is 10.3. The maximum absolute atomic E-state index is 4.62. The number of hydrogen-bond acceptors (Lipinski definition) is 4. The SMILES string of the molecule is CSC1(CNCc2c(C)nc3scc(C)n23)CC1. The molecule has 2 aromatic heterocycles. The van der Waals surface area contributed by atoms with Gasteiger partial charge in [-0.25, -0.2) is 4.98 Å². The monoisotopic (exact) mass is 281 g/mol. The Bertz CT molecular complexity index is 566. The van der Waals surface area contributed by atoms with Gasteiger partial charge in [0.1, 0.15) is 0 Å². The Morgan fingerprint density at radius 1 is 1.50 bits per heavy atom. The van der Waals surface area contributed by atoms with Crippen molar-refractivity contribution in [1.82, 2.24) is 14.7 Å². The van der Waals surface area contributed by atoms with Gasteiger partial charge in [0.15, 0.2) is 4.96 Å². The summed E-state index contributed by atoms with van der Waals surface area (Å²) in [5, 5.41) is 5.79. The van der Waals surface area contributed by atoms with Gasteiger partial charge in [0.05, 0.1) is 11.4 Å². The summed E-state index contributed by atoms with van der Waals surface area (Å²) in [6, 6.07) is 0. The Morgan fingerprint density at radius 2 is 2.28 bits per heavy atom. The molecule has 3 nitrogen and oxygen atoms in total. The second-order valence-electron chi connectivity index (χ2n) is 5.13. The second kappa shape index (κ2) is 4.54. The molecule has 1 N–H and O–H groups in total. The molecule has 2 heterocycles. The molecule has 1 saturated carbocycles. The topological polar surface area (TPSA) is 29.3 Å². The van der Waals surface area contributed by atoms with Gasteiger partial charge in [-0.2, -0.15) is 11.8 Å². The van der Waals surface area contributed by atoms with E-state index in [-0.39, 0.29) is 0 Å². The van der Waals surface area contributed by atoms with Gasteiger partial charge >= 0.3 is 0 Å². The molecule has 18 heavy (non-hydrogen) atoms. The molecule has 0 saturated heterocycles. The number of thioether (sulfide) groups is 1. The highest BCUT2D eigenvalue weighted by molar-refractivity contribution is 8.00. The summed E-state index contributed by atoms with van der Waals surface area (Å²) in [6.45, 7) is 6.30. The zero-order valence-electron chi connectivity index (χ0n) is 11.1. The fraction of sp³-hybridized carbons (Fsp3) is 0.615. The zero-order valence-corrected chi connectivity index (χ0v) is 12.7. The minimum Gasteiger partial charge on any atom is -0.310 e. The number of imidazole rings is 1. The first-order chi connectivity index (χ1) is 8.65.